The summed E-state index contributed by atoms with van der Waals surface area (Å²) in [5.74, 6) is 0.0470. The van der Waals surface area contributed by atoms with Gasteiger partial charge in [0.1, 0.15) is 17.1 Å². The van der Waals surface area contributed by atoms with E-state index in [1.54, 1.807) is 24.4 Å². The van der Waals surface area contributed by atoms with Gasteiger partial charge in [-0.3, -0.25) is 0 Å². The summed E-state index contributed by atoms with van der Waals surface area (Å²) in [6.45, 7) is 1.86. The van der Waals surface area contributed by atoms with Gasteiger partial charge in [-0.05, 0) is 17.7 Å². The van der Waals surface area contributed by atoms with E-state index in [-0.39, 0.29) is 11.7 Å². The molecule has 1 aliphatic rings. The molecule has 2 aromatic rings. The van der Waals surface area contributed by atoms with Gasteiger partial charge >= 0.3 is 5.97 Å². The lowest BCUT2D eigenvalue weighted by atomic mass is 10.0. The Morgan fingerprint density at radius 3 is 2.92 bits per heavy atom. The number of carbonyl (C=O) groups is 1. The van der Waals surface area contributed by atoms with Gasteiger partial charge in [-0.1, -0.05) is 6.07 Å². The Balaban J connectivity index is 2.01. The minimum Gasteiger partial charge on any atom is -0.504 e. The molecule has 0 aliphatic carbocycles. The molecule has 1 atom stereocenters. The third-order valence-corrected chi connectivity index (χ3v) is 5.44. The van der Waals surface area contributed by atoms with Crippen LogP contribution >= 0.6 is 11.3 Å². The number of para-hydroxylation sites is 1. The SMILES string of the molecule is COC(=O)c1c(/N=C/c2cccc(OC)c2O)sc2c1CC[NH+](C)C2. The van der Waals surface area contributed by atoms with Gasteiger partial charge < -0.3 is 19.5 Å². The first-order valence-corrected chi connectivity index (χ1v) is 8.81. The number of likely N-dealkylation sites (N-methyl/N-ethyl adjacent to an activating group) is 1. The van der Waals surface area contributed by atoms with Crippen molar-refractivity contribution in [3.63, 3.8) is 0 Å². The summed E-state index contributed by atoms with van der Waals surface area (Å²) in [4.78, 5) is 19.3. The number of rotatable bonds is 4. The smallest absolute Gasteiger partial charge is 0.341 e. The summed E-state index contributed by atoms with van der Waals surface area (Å²) in [7, 11) is 5.02. The maximum Gasteiger partial charge on any atom is 0.341 e. The van der Waals surface area contributed by atoms with Crippen molar-refractivity contribution in [1.29, 1.82) is 0 Å². The van der Waals surface area contributed by atoms with Crippen LogP contribution in [0, 0.1) is 0 Å². The molecule has 0 saturated heterocycles. The van der Waals surface area contributed by atoms with Crippen LogP contribution in [0.4, 0.5) is 5.00 Å². The fraction of sp³-hybridized carbons (Fsp3) is 0.333. The van der Waals surface area contributed by atoms with Crippen LogP contribution in [0.2, 0.25) is 0 Å². The molecule has 0 saturated carbocycles. The second kappa shape index (κ2) is 7.25. The summed E-state index contributed by atoms with van der Waals surface area (Å²) in [5, 5.41) is 10.8. The minimum atomic E-state index is -0.362. The first-order chi connectivity index (χ1) is 12.0. The molecule has 1 aromatic heterocycles. The largest absolute Gasteiger partial charge is 0.504 e. The molecule has 7 heteroatoms. The number of carbonyl (C=O) groups excluding carboxylic acids is 1. The average Bonchev–Trinajstić information content (AvgIpc) is 2.97. The lowest BCUT2D eigenvalue weighted by molar-refractivity contribution is -0.895. The van der Waals surface area contributed by atoms with Crippen molar-refractivity contribution in [2.75, 3.05) is 27.8 Å². The standard InChI is InChI=1S/C18H20N2O4S/c1-20-8-7-12-14(10-20)25-17(15(12)18(22)24-3)19-9-11-5-4-6-13(23-2)16(11)21/h4-6,9,21H,7-8,10H2,1-3H3/p+1/b19-9+. The highest BCUT2D eigenvalue weighted by molar-refractivity contribution is 7.16. The number of quaternary nitrogens is 1. The number of hydrogen-bond acceptors (Lipinski definition) is 6. The number of nitrogens with one attached hydrogen (secondary N) is 1. The molecule has 132 valence electrons. The Hall–Kier alpha value is -2.38. The number of methoxy groups -OCH3 is 2. The highest BCUT2D eigenvalue weighted by Crippen LogP contribution is 2.37. The summed E-state index contributed by atoms with van der Waals surface area (Å²) in [6.07, 6.45) is 2.39. The molecule has 0 fully saturated rings. The Bertz CT molecular complexity index is 829. The monoisotopic (exact) mass is 361 g/mol. The molecular weight excluding hydrogens is 340 g/mol. The maximum absolute atomic E-state index is 12.3. The predicted molar refractivity (Wildman–Crippen MR) is 96.7 cm³/mol. The molecule has 0 spiro atoms. The summed E-state index contributed by atoms with van der Waals surface area (Å²) in [5.41, 5.74) is 2.13. The Morgan fingerprint density at radius 2 is 2.20 bits per heavy atom. The van der Waals surface area contributed by atoms with Crippen molar-refractivity contribution in [2.45, 2.75) is 13.0 Å². The van der Waals surface area contributed by atoms with Gasteiger partial charge in [0.2, 0.25) is 0 Å². The molecule has 25 heavy (non-hydrogen) atoms. The second-order valence-electron chi connectivity index (χ2n) is 5.97. The Morgan fingerprint density at radius 1 is 1.40 bits per heavy atom. The van der Waals surface area contributed by atoms with Crippen LogP contribution in [-0.4, -0.2) is 45.1 Å². The molecule has 1 unspecified atom stereocenters. The fourth-order valence-corrected chi connectivity index (χ4v) is 4.24. The average molecular weight is 361 g/mol. The topological polar surface area (TPSA) is 72.6 Å². The van der Waals surface area contributed by atoms with Gasteiger partial charge in [-0.15, -0.1) is 11.3 Å². The Labute approximate surface area is 150 Å². The van der Waals surface area contributed by atoms with Crippen LogP contribution in [0.3, 0.4) is 0 Å². The molecule has 2 heterocycles. The number of phenolic OH excluding ortho intramolecular Hbond substituents is 1. The first-order valence-electron chi connectivity index (χ1n) is 7.99. The van der Waals surface area contributed by atoms with E-state index in [0.29, 0.717) is 21.9 Å². The number of ether oxygens (including phenoxy) is 2. The number of nitrogens with zero attached hydrogens (tertiary/aromatic N) is 1. The molecule has 3 rings (SSSR count). The molecule has 0 bridgehead atoms. The predicted octanol–water partition coefficient (Wildman–Crippen LogP) is 1.57. The zero-order valence-electron chi connectivity index (χ0n) is 14.5. The number of fused-ring (bicyclic) bond motifs is 1. The fourth-order valence-electron chi connectivity index (χ4n) is 2.95. The minimum absolute atomic E-state index is 0.0267. The van der Waals surface area contributed by atoms with Gasteiger partial charge in [-0.2, -0.15) is 0 Å². The van der Waals surface area contributed by atoms with Crippen molar-refractivity contribution >= 4 is 28.5 Å². The molecule has 1 aliphatic heterocycles. The number of thiophene rings is 1. The van der Waals surface area contributed by atoms with E-state index >= 15 is 0 Å². The van der Waals surface area contributed by atoms with Gasteiger partial charge in [0, 0.05) is 18.2 Å². The molecule has 6 nitrogen and oxygen atoms in total. The van der Waals surface area contributed by atoms with E-state index in [0.717, 1.165) is 25.1 Å². The van der Waals surface area contributed by atoms with E-state index in [9.17, 15) is 9.90 Å². The summed E-state index contributed by atoms with van der Waals surface area (Å²) < 4.78 is 10.1. The third-order valence-electron chi connectivity index (χ3n) is 4.30. The maximum atomic E-state index is 12.3. The normalized spacial score (nSPS) is 16.7. The third kappa shape index (κ3) is 3.38. The highest BCUT2D eigenvalue weighted by Gasteiger charge is 2.29. The number of benzene rings is 1. The van der Waals surface area contributed by atoms with Crippen molar-refractivity contribution in [3.8, 4) is 11.5 Å². The van der Waals surface area contributed by atoms with E-state index in [2.05, 4.69) is 12.0 Å². The first kappa shape index (κ1) is 17.4. The van der Waals surface area contributed by atoms with Crippen LogP contribution in [-0.2, 0) is 17.7 Å². The number of esters is 1. The van der Waals surface area contributed by atoms with Crippen LogP contribution in [0.25, 0.3) is 0 Å². The molecule has 0 radical (unpaired) electrons. The van der Waals surface area contributed by atoms with E-state index in [1.165, 1.54) is 35.3 Å². The van der Waals surface area contributed by atoms with Crippen molar-refractivity contribution in [2.24, 2.45) is 4.99 Å². The molecule has 2 N–H and O–H groups in total. The molecule has 0 amide bonds. The van der Waals surface area contributed by atoms with E-state index in [1.807, 2.05) is 0 Å². The molecular formula is C18H21N2O4S+. The van der Waals surface area contributed by atoms with Gasteiger partial charge in [0.05, 0.1) is 32.7 Å². The summed E-state index contributed by atoms with van der Waals surface area (Å²) >= 11 is 1.51. The zero-order valence-corrected chi connectivity index (χ0v) is 15.3. The van der Waals surface area contributed by atoms with Gasteiger partial charge in [0.25, 0.3) is 0 Å². The number of hydrogen-bond donors (Lipinski definition) is 2. The summed E-state index contributed by atoms with van der Waals surface area (Å²) in [6, 6.07) is 5.19. The number of phenols is 1. The van der Waals surface area contributed by atoms with Crippen molar-refractivity contribution < 1.29 is 24.3 Å². The van der Waals surface area contributed by atoms with Crippen LogP contribution in [0.15, 0.2) is 23.2 Å². The lowest BCUT2D eigenvalue weighted by Crippen LogP contribution is -3.08. The quantitative estimate of drug-likeness (QED) is 0.641. The zero-order chi connectivity index (χ0) is 18.0. The Kier molecular flexibility index (Phi) is 5.06. The number of aromatic hydroxyl groups is 1. The molecule has 1 aromatic carbocycles. The van der Waals surface area contributed by atoms with Crippen LogP contribution < -0.4 is 9.64 Å². The lowest BCUT2D eigenvalue weighted by Gasteiger charge is -2.19. The van der Waals surface area contributed by atoms with Gasteiger partial charge in [-0.25, -0.2) is 9.79 Å². The highest BCUT2D eigenvalue weighted by atomic mass is 32.1. The van der Waals surface area contributed by atoms with E-state index in [4.69, 9.17) is 9.47 Å². The van der Waals surface area contributed by atoms with Crippen molar-refractivity contribution in [3.05, 3.63) is 39.8 Å². The van der Waals surface area contributed by atoms with Gasteiger partial charge in [0.15, 0.2) is 11.5 Å². The van der Waals surface area contributed by atoms with E-state index < -0.39 is 0 Å². The van der Waals surface area contributed by atoms with Crippen molar-refractivity contribution in [1.82, 2.24) is 0 Å². The van der Waals surface area contributed by atoms with Crippen LogP contribution in [0.1, 0.15) is 26.4 Å². The van der Waals surface area contributed by atoms with Crippen LogP contribution in [0.5, 0.6) is 11.5 Å². The second-order valence-corrected chi connectivity index (χ2v) is 7.05. The number of aliphatic imine (C=N–C) groups is 1.